The lowest BCUT2D eigenvalue weighted by molar-refractivity contribution is 0.0943. The van der Waals surface area contributed by atoms with E-state index in [1.54, 1.807) is 6.07 Å². The van der Waals surface area contributed by atoms with Crippen LogP contribution in [0.2, 0.25) is 5.02 Å². The summed E-state index contributed by atoms with van der Waals surface area (Å²) < 4.78 is 1.98. The van der Waals surface area contributed by atoms with Crippen LogP contribution in [0.15, 0.2) is 12.3 Å². The highest BCUT2D eigenvalue weighted by Crippen LogP contribution is 2.37. The maximum atomic E-state index is 12.0. The van der Waals surface area contributed by atoms with E-state index in [0.29, 0.717) is 23.3 Å². The molecular weight excluding hydrogens is 252 g/mol. The number of aromatic nitrogens is 1. The van der Waals surface area contributed by atoms with Crippen molar-refractivity contribution in [2.24, 2.45) is 0 Å². The Labute approximate surface area is 112 Å². The van der Waals surface area contributed by atoms with Crippen molar-refractivity contribution < 1.29 is 9.90 Å². The van der Waals surface area contributed by atoms with E-state index >= 15 is 0 Å². The molecule has 1 aromatic rings. The van der Waals surface area contributed by atoms with E-state index in [0.717, 1.165) is 32.1 Å². The molecule has 1 amide bonds. The normalized spacial score (nSPS) is 14.8. The van der Waals surface area contributed by atoms with Gasteiger partial charge in [0, 0.05) is 25.4 Å². The summed E-state index contributed by atoms with van der Waals surface area (Å²) in [6.07, 6.45) is 6.70. The fourth-order valence-electron chi connectivity index (χ4n) is 1.99. The molecule has 0 aliphatic heterocycles. The van der Waals surface area contributed by atoms with Gasteiger partial charge in [-0.3, -0.25) is 4.79 Å². The molecule has 1 aromatic heterocycles. The van der Waals surface area contributed by atoms with Crippen molar-refractivity contribution >= 4 is 17.5 Å². The predicted molar refractivity (Wildman–Crippen MR) is 71.0 cm³/mol. The Balaban J connectivity index is 1.84. The first kappa shape index (κ1) is 13.4. The maximum Gasteiger partial charge on any atom is 0.267 e. The highest BCUT2D eigenvalue weighted by molar-refractivity contribution is 6.31. The van der Waals surface area contributed by atoms with Crippen molar-refractivity contribution in [1.82, 2.24) is 9.88 Å². The van der Waals surface area contributed by atoms with Crippen molar-refractivity contribution in [3.63, 3.8) is 0 Å². The zero-order valence-electron chi connectivity index (χ0n) is 10.4. The lowest BCUT2D eigenvalue weighted by Gasteiger charge is -2.08. The molecular formula is C13H19ClN2O2. The van der Waals surface area contributed by atoms with E-state index in [2.05, 4.69) is 5.32 Å². The van der Waals surface area contributed by atoms with Crippen molar-refractivity contribution in [1.29, 1.82) is 0 Å². The second-order valence-corrected chi connectivity index (χ2v) is 5.16. The van der Waals surface area contributed by atoms with Gasteiger partial charge in [0.2, 0.25) is 0 Å². The van der Waals surface area contributed by atoms with Crippen LogP contribution in [0.25, 0.3) is 0 Å². The standard InChI is InChI=1S/C13H19ClN2O2/c14-10-8-12(16(9-10)11-4-5-11)13(18)15-6-2-1-3-7-17/h8-9,11,17H,1-7H2,(H,15,18). The Morgan fingerprint density at radius 2 is 2.22 bits per heavy atom. The summed E-state index contributed by atoms with van der Waals surface area (Å²) in [4.78, 5) is 12.0. The zero-order valence-corrected chi connectivity index (χ0v) is 11.1. The van der Waals surface area contributed by atoms with Crippen LogP contribution in [0, 0.1) is 0 Å². The first-order valence-electron chi connectivity index (χ1n) is 6.49. The summed E-state index contributed by atoms with van der Waals surface area (Å²) >= 11 is 5.96. The Kier molecular flexibility index (Phi) is 4.66. The van der Waals surface area contributed by atoms with E-state index in [4.69, 9.17) is 16.7 Å². The SMILES string of the molecule is O=C(NCCCCCO)c1cc(Cl)cn1C1CC1. The van der Waals surface area contributed by atoms with Crippen LogP contribution >= 0.6 is 11.6 Å². The molecule has 100 valence electrons. The Morgan fingerprint density at radius 1 is 1.44 bits per heavy atom. The number of aliphatic hydroxyl groups excluding tert-OH is 1. The summed E-state index contributed by atoms with van der Waals surface area (Å²) in [6.45, 7) is 0.861. The summed E-state index contributed by atoms with van der Waals surface area (Å²) in [6, 6.07) is 2.18. The third kappa shape index (κ3) is 3.50. The average Bonchev–Trinajstić information content (AvgIpc) is 3.12. The minimum atomic E-state index is -0.0576. The lowest BCUT2D eigenvalue weighted by Crippen LogP contribution is -2.26. The summed E-state index contributed by atoms with van der Waals surface area (Å²) in [5, 5.41) is 12.2. The van der Waals surface area contributed by atoms with Gasteiger partial charge in [0.05, 0.1) is 5.02 Å². The predicted octanol–water partition coefficient (Wildman–Crippen LogP) is 2.37. The summed E-state index contributed by atoms with van der Waals surface area (Å²) in [7, 11) is 0. The van der Waals surface area contributed by atoms with Gasteiger partial charge in [0.25, 0.3) is 5.91 Å². The summed E-state index contributed by atoms with van der Waals surface area (Å²) in [5.41, 5.74) is 0.657. The number of hydrogen-bond donors (Lipinski definition) is 2. The second kappa shape index (κ2) is 6.25. The Hall–Kier alpha value is -1.00. The second-order valence-electron chi connectivity index (χ2n) is 4.72. The third-order valence-corrected chi connectivity index (χ3v) is 3.32. The molecule has 0 saturated heterocycles. The van der Waals surface area contributed by atoms with Crippen LogP contribution in [0.3, 0.4) is 0 Å². The molecule has 18 heavy (non-hydrogen) atoms. The topological polar surface area (TPSA) is 54.3 Å². The fraction of sp³-hybridized carbons (Fsp3) is 0.615. The van der Waals surface area contributed by atoms with Crippen LogP contribution in [0.4, 0.5) is 0 Å². The molecule has 1 heterocycles. The van der Waals surface area contributed by atoms with Gasteiger partial charge in [0.15, 0.2) is 0 Å². The molecule has 0 atom stereocenters. The fourth-order valence-corrected chi connectivity index (χ4v) is 2.20. The quantitative estimate of drug-likeness (QED) is 0.748. The molecule has 1 fully saturated rings. The lowest BCUT2D eigenvalue weighted by atomic mass is 10.2. The van der Waals surface area contributed by atoms with Gasteiger partial charge >= 0.3 is 0 Å². The van der Waals surface area contributed by atoms with Crippen molar-refractivity contribution in [3.05, 3.63) is 23.0 Å². The summed E-state index contributed by atoms with van der Waals surface area (Å²) in [5.74, 6) is -0.0576. The molecule has 1 aliphatic carbocycles. The molecule has 2 rings (SSSR count). The molecule has 0 aromatic carbocycles. The first-order valence-corrected chi connectivity index (χ1v) is 6.86. The molecule has 5 heteroatoms. The van der Waals surface area contributed by atoms with E-state index in [-0.39, 0.29) is 12.5 Å². The van der Waals surface area contributed by atoms with Crippen molar-refractivity contribution in [2.75, 3.05) is 13.2 Å². The van der Waals surface area contributed by atoms with Crippen LogP contribution in [-0.4, -0.2) is 28.7 Å². The molecule has 1 saturated carbocycles. The molecule has 1 aliphatic rings. The van der Waals surface area contributed by atoms with Crippen molar-refractivity contribution in [3.8, 4) is 0 Å². The van der Waals surface area contributed by atoms with Gasteiger partial charge in [-0.05, 0) is 38.2 Å². The molecule has 0 bridgehead atoms. The molecule has 0 radical (unpaired) electrons. The minimum Gasteiger partial charge on any atom is -0.396 e. The third-order valence-electron chi connectivity index (χ3n) is 3.11. The number of aliphatic hydroxyl groups is 1. The number of unbranched alkanes of at least 4 members (excludes halogenated alkanes) is 2. The number of nitrogens with one attached hydrogen (secondary N) is 1. The van der Waals surface area contributed by atoms with Gasteiger partial charge < -0.3 is 15.0 Å². The van der Waals surface area contributed by atoms with Crippen LogP contribution in [0.1, 0.15) is 48.6 Å². The van der Waals surface area contributed by atoms with Gasteiger partial charge in [0.1, 0.15) is 5.69 Å². The molecule has 4 nitrogen and oxygen atoms in total. The number of halogens is 1. The Morgan fingerprint density at radius 3 is 2.89 bits per heavy atom. The first-order chi connectivity index (χ1) is 8.72. The van der Waals surface area contributed by atoms with Gasteiger partial charge in [-0.25, -0.2) is 0 Å². The van der Waals surface area contributed by atoms with Crippen LogP contribution in [0.5, 0.6) is 0 Å². The minimum absolute atomic E-state index is 0.0576. The molecule has 0 spiro atoms. The number of hydrogen-bond acceptors (Lipinski definition) is 2. The van der Waals surface area contributed by atoms with E-state index < -0.39 is 0 Å². The highest BCUT2D eigenvalue weighted by atomic mass is 35.5. The smallest absolute Gasteiger partial charge is 0.267 e. The van der Waals surface area contributed by atoms with Crippen LogP contribution < -0.4 is 5.32 Å². The molecule has 2 N–H and O–H groups in total. The number of rotatable bonds is 7. The maximum absolute atomic E-state index is 12.0. The van der Waals surface area contributed by atoms with Gasteiger partial charge in [-0.1, -0.05) is 11.6 Å². The highest BCUT2D eigenvalue weighted by Gasteiger charge is 2.27. The van der Waals surface area contributed by atoms with Crippen molar-refractivity contribution in [2.45, 2.75) is 38.1 Å². The molecule has 0 unspecified atom stereocenters. The van der Waals surface area contributed by atoms with Gasteiger partial charge in [-0.2, -0.15) is 0 Å². The van der Waals surface area contributed by atoms with E-state index in [9.17, 15) is 4.79 Å². The Bertz CT molecular complexity index is 413. The largest absolute Gasteiger partial charge is 0.396 e. The number of nitrogens with zero attached hydrogens (tertiary/aromatic N) is 1. The van der Waals surface area contributed by atoms with E-state index in [1.165, 1.54) is 0 Å². The average molecular weight is 271 g/mol. The monoisotopic (exact) mass is 270 g/mol. The zero-order chi connectivity index (χ0) is 13.0. The van der Waals surface area contributed by atoms with Crippen LogP contribution in [-0.2, 0) is 0 Å². The van der Waals surface area contributed by atoms with Gasteiger partial charge in [-0.15, -0.1) is 0 Å². The number of amides is 1. The van der Waals surface area contributed by atoms with E-state index in [1.807, 2.05) is 10.8 Å². The number of carbonyl (C=O) groups is 1. The number of carbonyl (C=O) groups excluding carboxylic acids is 1.